The Hall–Kier alpha value is -3.06. The summed E-state index contributed by atoms with van der Waals surface area (Å²) in [5, 5.41) is 9.39. The van der Waals surface area contributed by atoms with E-state index in [-0.39, 0.29) is 66.7 Å². The van der Waals surface area contributed by atoms with Gasteiger partial charge in [-0.2, -0.15) is 0 Å². The van der Waals surface area contributed by atoms with Gasteiger partial charge in [-0.25, -0.2) is 0 Å². The van der Waals surface area contributed by atoms with Gasteiger partial charge in [0.15, 0.2) is 0 Å². The van der Waals surface area contributed by atoms with E-state index < -0.39 is 18.1 Å². The molecule has 2 bridgehead atoms. The zero-order valence-electron chi connectivity index (χ0n) is 31.2. The second-order valence-corrected chi connectivity index (χ2v) is 14.6. The van der Waals surface area contributed by atoms with Crippen LogP contribution in [0.1, 0.15) is 71.3 Å². The average Bonchev–Trinajstić information content (AvgIpc) is 3.89. The molecule has 1 aromatic rings. The van der Waals surface area contributed by atoms with Gasteiger partial charge in [0.1, 0.15) is 0 Å². The van der Waals surface area contributed by atoms with Gasteiger partial charge in [0, 0.05) is 41.0 Å². The van der Waals surface area contributed by atoms with Crippen LogP contribution in [0.25, 0.3) is 0 Å². The van der Waals surface area contributed by atoms with Gasteiger partial charge in [-0.3, -0.25) is 19.2 Å². The first-order valence-electron chi connectivity index (χ1n) is 18.5. The van der Waals surface area contributed by atoms with Crippen molar-refractivity contribution in [2.24, 2.45) is 17.8 Å². The van der Waals surface area contributed by atoms with Crippen LogP contribution >= 0.6 is 0 Å². The average molecular weight is 700 g/mol. The van der Waals surface area contributed by atoms with Crippen LogP contribution in [0.4, 0.5) is 0 Å². The molecule has 50 heavy (non-hydrogen) atoms. The van der Waals surface area contributed by atoms with Crippen LogP contribution in [-0.4, -0.2) is 124 Å². The summed E-state index contributed by atoms with van der Waals surface area (Å²) in [5.41, 5.74) is 1.10. The summed E-state index contributed by atoms with van der Waals surface area (Å²) in [6.45, 7) is 6.77. The van der Waals surface area contributed by atoms with E-state index in [1.807, 2.05) is 42.2 Å². The van der Waals surface area contributed by atoms with Crippen LogP contribution in [0.15, 0.2) is 30.3 Å². The van der Waals surface area contributed by atoms with Gasteiger partial charge in [0.05, 0.1) is 61.9 Å². The van der Waals surface area contributed by atoms with Crippen LogP contribution in [0, 0.1) is 17.8 Å². The van der Waals surface area contributed by atoms with E-state index in [0.29, 0.717) is 31.5 Å². The van der Waals surface area contributed by atoms with Crippen molar-refractivity contribution >= 4 is 23.6 Å². The van der Waals surface area contributed by atoms with Crippen molar-refractivity contribution in [3.8, 4) is 0 Å². The zero-order valence-corrected chi connectivity index (χ0v) is 31.2. The van der Waals surface area contributed by atoms with Gasteiger partial charge >= 0.3 is 0 Å². The van der Waals surface area contributed by atoms with Gasteiger partial charge in [-0.15, -0.1) is 0 Å². The number of carbonyl (C=O) groups is 4. The normalized spacial score (nSPS) is 25.0. The van der Waals surface area contributed by atoms with E-state index in [9.17, 15) is 19.2 Å². The minimum Gasteiger partial charge on any atom is -0.383 e. The SMILES string of the molecule is CCC(C)C(C(CC(=O)N1CCCC1C(OC)C(C)C(=O)N[C@H](COC)Cc1ccccc1)OC)N(C)C(=O)CNC(=O)C1NC2CCC1C2. The number of methoxy groups -OCH3 is 3. The summed E-state index contributed by atoms with van der Waals surface area (Å²) < 4.78 is 17.3. The summed E-state index contributed by atoms with van der Waals surface area (Å²) >= 11 is 0. The molecule has 3 aliphatic rings. The molecule has 0 spiro atoms. The van der Waals surface area contributed by atoms with Gasteiger partial charge in [-0.1, -0.05) is 57.5 Å². The van der Waals surface area contributed by atoms with Gasteiger partial charge in [0.2, 0.25) is 23.6 Å². The molecule has 1 saturated carbocycles. The zero-order chi connectivity index (χ0) is 36.4. The van der Waals surface area contributed by atoms with Crippen LogP contribution in [0.2, 0.25) is 0 Å². The molecule has 2 saturated heterocycles. The Bertz CT molecular complexity index is 1270. The third kappa shape index (κ3) is 9.83. The number of nitrogens with one attached hydrogen (secondary N) is 3. The van der Waals surface area contributed by atoms with E-state index >= 15 is 0 Å². The second kappa shape index (κ2) is 19.0. The van der Waals surface area contributed by atoms with Crippen LogP contribution in [0.5, 0.6) is 0 Å². The van der Waals surface area contributed by atoms with Crippen molar-refractivity contribution in [3.05, 3.63) is 35.9 Å². The van der Waals surface area contributed by atoms with Crippen molar-refractivity contribution in [2.75, 3.05) is 48.1 Å². The third-order valence-electron chi connectivity index (χ3n) is 11.4. The summed E-state index contributed by atoms with van der Waals surface area (Å²) in [4.78, 5) is 57.5. The molecule has 0 aromatic heterocycles. The lowest BCUT2D eigenvalue weighted by molar-refractivity contribution is -0.146. The number of likely N-dealkylation sites (N-methyl/N-ethyl adjacent to an activating group) is 1. The Kier molecular flexibility index (Phi) is 15.1. The van der Waals surface area contributed by atoms with E-state index in [4.69, 9.17) is 14.2 Å². The highest BCUT2D eigenvalue weighted by Gasteiger charge is 2.44. The van der Waals surface area contributed by atoms with Crippen molar-refractivity contribution in [1.82, 2.24) is 25.8 Å². The fourth-order valence-electron chi connectivity index (χ4n) is 8.46. The van der Waals surface area contributed by atoms with Gasteiger partial charge in [0.25, 0.3) is 0 Å². The number of nitrogens with zero attached hydrogens (tertiary/aromatic N) is 2. The Morgan fingerprint density at radius 3 is 2.38 bits per heavy atom. The molecule has 1 aliphatic carbocycles. The Morgan fingerprint density at radius 2 is 1.78 bits per heavy atom. The van der Waals surface area contributed by atoms with Crippen molar-refractivity contribution in [1.29, 1.82) is 0 Å². The molecule has 3 fully saturated rings. The monoisotopic (exact) mass is 699 g/mol. The number of piperidine rings is 1. The predicted molar refractivity (Wildman–Crippen MR) is 191 cm³/mol. The molecule has 12 heteroatoms. The highest BCUT2D eigenvalue weighted by molar-refractivity contribution is 5.88. The maximum atomic E-state index is 14.0. The number of rotatable bonds is 19. The van der Waals surface area contributed by atoms with E-state index in [1.165, 1.54) is 0 Å². The second-order valence-electron chi connectivity index (χ2n) is 14.6. The van der Waals surface area contributed by atoms with Crippen molar-refractivity contribution in [3.63, 3.8) is 0 Å². The first kappa shape index (κ1) is 39.7. The molecule has 280 valence electrons. The Balaban J connectivity index is 1.38. The fourth-order valence-corrected chi connectivity index (χ4v) is 8.46. The number of benzene rings is 1. The number of fused-ring (bicyclic) bond motifs is 2. The summed E-state index contributed by atoms with van der Waals surface area (Å²) in [5.74, 6) is -0.749. The van der Waals surface area contributed by atoms with E-state index in [1.54, 1.807) is 33.3 Å². The summed E-state index contributed by atoms with van der Waals surface area (Å²) in [7, 11) is 6.52. The molecule has 9 unspecified atom stereocenters. The molecule has 0 radical (unpaired) electrons. The largest absolute Gasteiger partial charge is 0.383 e. The first-order valence-corrected chi connectivity index (χ1v) is 18.5. The lowest BCUT2D eigenvalue weighted by Crippen LogP contribution is -2.55. The van der Waals surface area contributed by atoms with Crippen LogP contribution in [-0.2, 0) is 39.8 Å². The number of likely N-dealkylation sites (tertiary alicyclic amines) is 1. The number of hydrogen-bond acceptors (Lipinski definition) is 8. The van der Waals surface area contributed by atoms with Gasteiger partial charge in [-0.05, 0) is 55.9 Å². The molecular formula is C38H61N5O7. The molecule has 12 nitrogen and oxygen atoms in total. The number of hydrogen-bond donors (Lipinski definition) is 3. The van der Waals surface area contributed by atoms with Crippen molar-refractivity contribution in [2.45, 2.75) is 115 Å². The smallest absolute Gasteiger partial charge is 0.242 e. The minimum absolute atomic E-state index is 0.0328. The topological polar surface area (TPSA) is 139 Å². The quantitative estimate of drug-likeness (QED) is 0.201. The molecular weight excluding hydrogens is 638 g/mol. The lowest BCUT2D eigenvalue weighted by atomic mass is 9.90. The molecule has 4 rings (SSSR count). The summed E-state index contributed by atoms with van der Waals surface area (Å²) in [6.07, 6.45) is 5.09. The summed E-state index contributed by atoms with van der Waals surface area (Å²) in [6, 6.07) is 9.26. The lowest BCUT2D eigenvalue weighted by Gasteiger charge is -2.39. The van der Waals surface area contributed by atoms with Crippen molar-refractivity contribution < 1.29 is 33.4 Å². The maximum Gasteiger partial charge on any atom is 0.242 e. The third-order valence-corrected chi connectivity index (χ3v) is 11.4. The fraction of sp³-hybridized carbons (Fsp3) is 0.737. The van der Waals surface area contributed by atoms with Gasteiger partial charge < -0.3 is 40.0 Å². The number of carbonyl (C=O) groups excluding carboxylic acids is 4. The highest BCUT2D eigenvalue weighted by atomic mass is 16.5. The molecule has 4 amide bonds. The predicted octanol–water partition coefficient (Wildman–Crippen LogP) is 2.54. The van der Waals surface area contributed by atoms with E-state index in [0.717, 1.165) is 44.1 Å². The number of ether oxygens (including phenoxy) is 3. The van der Waals surface area contributed by atoms with Crippen LogP contribution < -0.4 is 16.0 Å². The molecule has 10 atom stereocenters. The molecule has 1 aromatic carbocycles. The first-order chi connectivity index (χ1) is 24.0. The molecule has 2 aliphatic heterocycles. The minimum atomic E-state index is -0.565. The Morgan fingerprint density at radius 1 is 1.04 bits per heavy atom. The number of amides is 4. The van der Waals surface area contributed by atoms with E-state index in [2.05, 4.69) is 29.8 Å². The standard InChI is InChI=1S/C38H61N5O7/c1-8-24(2)35(42(4)33(45)22-39-38(47)34-27-16-17-28(20-27)40-34)31(49-6)21-32(44)43-18-12-15-30(43)36(50-7)25(3)37(46)41-29(23-48-5)19-26-13-10-9-11-14-26/h9-11,13-14,24-25,27-31,34-36,40H,8,12,15-23H2,1-7H3,(H,39,47)(H,41,46)/t24?,25?,27?,28?,29-,30?,31?,34?,35?,36?/m0/s1. The maximum absolute atomic E-state index is 14.0. The molecule has 3 N–H and O–H groups in total. The highest BCUT2D eigenvalue weighted by Crippen LogP contribution is 2.35. The Labute approximate surface area is 298 Å². The molecule has 2 heterocycles. The van der Waals surface area contributed by atoms with Crippen LogP contribution in [0.3, 0.4) is 0 Å².